The lowest BCUT2D eigenvalue weighted by molar-refractivity contribution is -0.120. The van der Waals surface area contributed by atoms with E-state index in [1.54, 1.807) is 12.1 Å². The van der Waals surface area contributed by atoms with Gasteiger partial charge in [0.1, 0.15) is 5.82 Å². The van der Waals surface area contributed by atoms with Crippen molar-refractivity contribution < 1.29 is 9.18 Å². The molecule has 3 atom stereocenters. The number of carbonyl (C=O) groups excluding carboxylic acids is 1. The van der Waals surface area contributed by atoms with E-state index in [2.05, 4.69) is 21.2 Å². The summed E-state index contributed by atoms with van der Waals surface area (Å²) in [5.74, 6) is 0.471. The lowest BCUT2D eigenvalue weighted by atomic mass is 9.84. The summed E-state index contributed by atoms with van der Waals surface area (Å²) in [4.78, 5) is 12.4. The van der Waals surface area contributed by atoms with Crippen molar-refractivity contribution in [3.05, 3.63) is 34.1 Å². The third kappa shape index (κ3) is 2.96. The van der Waals surface area contributed by atoms with E-state index in [0.29, 0.717) is 17.5 Å². The van der Waals surface area contributed by atoms with E-state index in [4.69, 9.17) is 0 Å². The molecule has 1 heterocycles. The number of fused-ring (bicyclic) bond motifs is 1. The van der Waals surface area contributed by atoms with Crippen molar-refractivity contribution in [3.8, 4) is 0 Å². The number of ketones is 1. The second-order valence-corrected chi connectivity index (χ2v) is 6.90. The molecule has 0 bridgehead atoms. The molecule has 20 heavy (non-hydrogen) atoms. The van der Waals surface area contributed by atoms with Gasteiger partial charge in [-0.15, -0.1) is 0 Å². The summed E-state index contributed by atoms with van der Waals surface area (Å²) < 4.78 is 14.5. The van der Waals surface area contributed by atoms with E-state index in [-0.39, 0.29) is 24.1 Å². The smallest absolute Gasteiger partial charge is 0.154 e. The Morgan fingerprint density at radius 2 is 2.15 bits per heavy atom. The predicted molar refractivity (Wildman–Crippen MR) is 80.1 cm³/mol. The van der Waals surface area contributed by atoms with Crippen LogP contribution in [0, 0.1) is 11.7 Å². The molecular formula is C16H19BrFNO. The number of rotatable bonds is 3. The van der Waals surface area contributed by atoms with Crippen LogP contribution in [0.1, 0.15) is 37.7 Å². The summed E-state index contributed by atoms with van der Waals surface area (Å²) in [7, 11) is 0. The van der Waals surface area contributed by atoms with Crippen molar-refractivity contribution in [1.82, 2.24) is 5.32 Å². The Morgan fingerprint density at radius 1 is 1.35 bits per heavy atom. The fraction of sp³-hybridized carbons (Fsp3) is 0.562. The largest absolute Gasteiger partial charge is 0.304 e. The van der Waals surface area contributed by atoms with E-state index in [1.165, 1.54) is 31.7 Å². The summed E-state index contributed by atoms with van der Waals surface area (Å²) in [5.41, 5.74) is 0.487. The van der Waals surface area contributed by atoms with Crippen molar-refractivity contribution in [1.29, 1.82) is 0 Å². The summed E-state index contributed by atoms with van der Waals surface area (Å²) in [6.07, 6.45) is 6.06. The van der Waals surface area contributed by atoms with Gasteiger partial charge in [0, 0.05) is 16.9 Å². The lowest BCUT2D eigenvalue weighted by Crippen LogP contribution is -2.37. The topological polar surface area (TPSA) is 29.1 Å². The number of hydrogen-bond acceptors (Lipinski definition) is 2. The first-order valence-electron chi connectivity index (χ1n) is 7.36. The van der Waals surface area contributed by atoms with Crippen LogP contribution in [0.5, 0.6) is 0 Å². The molecule has 1 aliphatic heterocycles. The fourth-order valence-corrected chi connectivity index (χ4v) is 3.96. The average molecular weight is 340 g/mol. The average Bonchev–Trinajstić information content (AvgIpc) is 2.87. The zero-order valence-electron chi connectivity index (χ0n) is 11.4. The molecule has 2 fully saturated rings. The molecule has 2 aliphatic rings. The van der Waals surface area contributed by atoms with Gasteiger partial charge in [-0.05, 0) is 48.9 Å². The maximum absolute atomic E-state index is 13.7. The van der Waals surface area contributed by atoms with Gasteiger partial charge in [-0.3, -0.25) is 4.79 Å². The quantitative estimate of drug-likeness (QED) is 0.911. The summed E-state index contributed by atoms with van der Waals surface area (Å²) in [5, 5.41) is 3.46. The molecule has 3 unspecified atom stereocenters. The Balaban J connectivity index is 1.66. The molecule has 3 rings (SSSR count). The van der Waals surface area contributed by atoms with Gasteiger partial charge >= 0.3 is 0 Å². The van der Waals surface area contributed by atoms with E-state index in [9.17, 15) is 9.18 Å². The fourth-order valence-electron chi connectivity index (χ4n) is 3.55. The number of Topliss-reactive ketones (excluding diaryl/α,β-unsaturated/α-hetero) is 1. The second-order valence-electron chi connectivity index (χ2n) is 5.98. The highest BCUT2D eigenvalue weighted by molar-refractivity contribution is 9.10. The van der Waals surface area contributed by atoms with Crippen molar-refractivity contribution in [2.24, 2.45) is 5.92 Å². The molecule has 1 saturated carbocycles. The molecule has 0 aromatic heterocycles. The van der Waals surface area contributed by atoms with E-state index >= 15 is 0 Å². The van der Waals surface area contributed by atoms with Crippen LogP contribution in [-0.2, 0) is 11.2 Å². The molecule has 1 N–H and O–H groups in total. The second kappa shape index (κ2) is 5.94. The third-order valence-electron chi connectivity index (χ3n) is 4.62. The molecule has 108 valence electrons. The van der Waals surface area contributed by atoms with Gasteiger partial charge in [-0.1, -0.05) is 28.8 Å². The lowest BCUT2D eigenvalue weighted by Gasteiger charge is -2.24. The van der Waals surface area contributed by atoms with Gasteiger partial charge in [-0.2, -0.15) is 0 Å². The minimum Gasteiger partial charge on any atom is -0.304 e. The van der Waals surface area contributed by atoms with Crippen molar-refractivity contribution in [2.45, 2.75) is 50.6 Å². The van der Waals surface area contributed by atoms with Gasteiger partial charge in [0.05, 0.1) is 6.04 Å². The summed E-state index contributed by atoms with van der Waals surface area (Å²) >= 11 is 3.33. The highest BCUT2D eigenvalue weighted by Crippen LogP contribution is 2.33. The van der Waals surface area contributed by atoms with Gasteiger partial charge in [-0.25, -0.2) is 4.39 Å². The maximum atomic E-state index is 13.7. The standard InChI is InChI=1S/C16H19BrFNO/c17-12-5-6-13(18)11(7-12)9-16(20)15-8-10-3-1-2-4-14(10)19-15/h5-7,10,14-15,19H,1-4,8-9H2. The molecule has 0 amide bonds. The Labute approximate surface area is 127 Å². The van der Waals surface area contributed by atoms with Crippen LogP contribution in [0.4, 0.5) is 4.39 Å². The van der Waals surface area contributed by atoms with Gasteiger partial charge in [0.15, 0.2) is 5.78 Å². The normalized spacial score (nSPS) is 29.2. The number of benzene rings is 1. The van der Waals surface area contributed by atoms with Crippen LogP contribution in [0.25, 0.3) is 0 Å². The Bertz CT molecular complexity index is 505. The van der Waals surface area contributed by atoms with Gasteiger partial charge < -0.3 is 5.32 Å². The van der Waals surface area contributed by atoms with Crippen molar-refractivity contribution in [3.63, 3.8) is 0 Å². The van der Waals surface area contributed by atoms with Gasteiger partial charge in [0.2, 0.25) is 0 Å². The first kappa shape index (κ1) is 14.2. The van der Waals surface area contributed by atoms with Crippen LogP contribution in [0.2, 0.25) is 0 Å². The van der Waals surface area contributed by atoms with Crippen LogP contribution in [-0.4, -0.2) is 17.9 Å². The highest BCUT2D eigenvalue weighted by Gasteiger charge is 2.37. The van der Waals surface area contributed by atoms with Crippen LogP contribution in [0.3, 0.4) is 0 Å². The number of nitrogens with one attached hydrogen (secondary N) is 1. The molecule has 1 aromatic carbocycles. The summed E-state index contributed by atoms with van der Waals surface area (Å²) in [6, 6.07) is 5.20. The number of hydrogen-bond donors (Lipinski definition) is 1. The molecular weight excluding hydrogens is 321 g/mol. The zero-order valence-corrected chi connectivity index (χ0v) is 13.0. The van der Waals surface area contributed by atoms with E-state index in [1.807, 2.05) is 0 Å². The SMILES string of the molecule is O=C(Cc1cc(Br)ccc1F)C1CC2CCCCC2N1. The van der Waals surface area contributed by atoms with Crippen molar-refractivity contribution in [2.75, 3.05) is 0 Å². The molecule has 1 saturated heterocycles. The Kier molecular flexibility index (Phi) is 4.22. The molecule has 1 aliphatic carbocycles. The number of halogens is 2. The molecule has 4 heteroatoms. The molecule has 0 spiro atoms. The maximum Gasteiger partial charge on any atom is 0.154 e. The van der Waals surface area contributed by atoms with Crippen LogP contribution in [0.15, 0.2) is 22.7 Å². The van der Waals surface area contributed by atoms with Crippen molar-refractivity contribution >= 4 is 21.7 Å². The van der Waals surface area contributed by atoms with E-state index < -0.39 is 0 Å². The minimum atomic E-state index is -0.294. The Hall–Kier alpha value is -0.740. The molecule has 2 nitrogen and oxygen atoms in total. The predicted octanol–water partition coefficient (Wildman–Crippen LogP) is 3.62. The molecule has 0 radical (unpaired) electrons. The summed E-state index contributed by atoms with van der Waals surface area (Å²) in [6.45, 7) is 0. The first-order valence-corrected chi connectivity index (χ1v) is 8.15. The van der Waals surface area contributed by atoms with Gasteiger partial charge in [0.25, 0.3) is 0 Å². The minimum absolute atomic E-state index is 0.0820. The zero-order chi connectivity index (χ0) is 14.1. The molecule has 1 aromatic rings. The van der Waals surface area contributed by atoms with E-state index in [0.717, 1.165) is 10.9 Å². The highest BCUT2D eigenvalue weighted by atomic mass is 79.9. The Morgan fingerprint density at radius 3 is 2.95 bits per heavy atom. The monoisotopic (exact) mass is 339 g/mol. The third-order valence-corrected chi connectivity index (χ3v) is 5.12. The first-order chi connectivity index (χ1) is 9.63. The van der Waals surface area contributed by atoms with Crippen LogP contribution < -0.4 is 5.32 Å². The number of carbonyl (C=O) groups is 1. The van der Waals surface area contributed by atoms with Crippen LogP contribution >= 0.6 is 15.9 Å².